The Morgan fingerprint density at radius 3 is 2.81 bits per heavy atom. The molecule has 0 aliphatic rings. The van der Waals surface area contributed by atoms with Gasteiger partial charge in [-0.3, -0.25) is 4.79 Å². The molecule has 0 radical (unpaired) electrons. The molecule has 2 aromatic heterocycles. The lowest BCUT2D eigenvalue weighted by molar-refractivity contribution is 0.0945. The van der Waals surface area contributed by atoms with Crippen molar-refractivity contribution in [3.8, 4) is 22.8 Å². The second kappa shape index (κ2) is 8.01. The third-order valence-corrected chi connectivity index (χ3v) is 4.73. The van der Waals surface area contributed by atoms with Gasteiger partial charge in [-0.05, 0) is 25.1 Å². The van der Waals surface area contributed by atoms with Crippen LogP contribution in [0.5, 0.6) is 11.5 Å². The zero-order valence-corrected chi connectivity index (χ0v) is 15.6. The highest BCUT2D eigenvalue weighted by molar-refractivity contribution is 7.09. The lowest BCUT2D eigenvalue weighted by Crippen LogP contribution is -2.25. The van der Waals surface area contributed by atoms with E-state index in [9.17, 15) is 4.79 Å². The minimum Gasteiger partial charge on any atom is -0.497 e. The number of aryl methyl sites for hydroxylation is 1. The molecule has 1 amide bonds. The summed E-state index contributed by atoms with van der Waals surface area (Å²) in [6, 6.07) is 6.91. The number of methoxy groups -OCH3 is 2. The molecular weight excluding hydrogens is 354 g/mol. The van der Waals surface area contributed by atoms with Gasteiger partial charge in [0, 0.05) is 30.1 Å². The number of benzene rings is 1. The first-order valence-corrected chi connectivity index (χ1v) is 8.87. The molecule has 0 atom stereocenters. The summed E-state index contributed by atoms with van der Waals surface area (Å²) in [5.74, 6) is 1.39. The number of ether oxygens (including phenoxy) is 2. The molecule has 0 saturated carbocycles. The van der Waals surface area contributed by atoms with E-state index in [2.05, 4.69) is 15.5 Å². The molecule has 3 rings (SSSR count). The smallest absolute Gasteiger partial charge is 0.273 e. The van der Waals surface area contributed by atoms with Crippen molar-refractivity contribution >= 4 is 17.2 Å². The molecular formula is C18H19N3O4S. The van der Waals surface area contributed by atoms with Gasteiger partial charge >= 0.3 is 0 Å². The quantitative estimate of drug-likeness (QED) is 0.685. The molecule has 3 aromatic rings. The summed E-state index contributed by atoms with van der Waals surface area (Å²) in [5, 5.41) is 9.66. The molecule has 0 spiro atoms. The van der Waals surface area contributed by atoms with Gasteiger partial charge in [-0.2, -0.15) is 0 Å². The number of thiazole rings is 1. The predicted molar refractivity (Wildman–Crippen MR) is 97.9 cm³/mol. The molecule has 0 aliphatic heterocycles. The number of nitrogens with zero attached hydrogens (tertiary/aromatic N) is 2. The lowest BCUT2D eigenvalue weighted by atomic mass is 10.1. The molecule has 1 N–H and O–H groups in total. The third kappa shape index (κ3) is 4.02. The summed E-state index contributed by atoms with van der Waals surface area (Å²) in [6.07, 6.45) is 0.679. The van der Waals surface area contributed by atoms with Crippen molar-refractivity contribution in [2.24, 2.45) is 0 Å². The van der Waals surface area contributed by atoms with Crippen molar-refractivity contribution in [1.29, 1.82) is 0 Å². The zero-order chi connectivity index (χ0) is 18.5. The fourth-order valence-corrected chi connectivity index (χ4v) is 3.18. The fourth-order valence-electron chi connectivity index (χ4n) is 2.41. The number of rotatable bonds is 7. The number of hydrogen-bond donors (Lipinski definition) is 1. The summed E-state index contributed by atoms with van der Waals surface area (Å²) in [5.41, 5.74) is 1.86. The molecule has 26 heavy (non-hydrogen) atoms. The average Bonchev–Trinajstić information content (AvgIpc) is 3.30. The Labute approximate surface area is 154 Å². The Kier molecular flexibility index (Phi) is 5.52. The minimum absolute atomic E-state index is 0.209. The summed E-state index contributed by atoms with van der Waals surface area (Å²) < 4.78 is 15.9. The van der Waals surface area contributed by atoms with Crippen LogP contribution in [0.2, 0.25) is 0 Å². The Hall–Kier alpha value is -2.87. The summed E-state index contributed by atoms with van der Waals surface area (Å²) in [7, 11) is 3.14. The number of hydrogen-bond acceptors (Lipinski definition) is 7. The van der Waals surface area contributed by atoms with Crippen LogP contribution in [0.4, 0.5) is 0 Å². The molecule has 0 fully saturated rings. The Morgan fingerprint density at radius 2 is 2.12 bits per heavy atom. The van der Waals surface area contributed by atoms with Gasteiger partial charge in [-0.25, -0.2) is 4.98 Å². The standard InChI is InChI=1S/C18H19N3O4S/c1-11-10-26-17(20-11)6-7-19-18(22)14-9-16(25-21-14)13-8-12(23-2)4-5-15(13)24-3/h4-5,8-10H,6-7H2,1-3H3,(H,19,22). The molecule has 1 aromatic carbocycles. The third-order valence-electron chi connectivity index (χ3n) is 3.71. The first-order valence-electron chi connectivity index (χ1n) is 7.99. The van der Waals surface area contributed by atoms with Crippen LogP contribution in [0.1, 0.15) is 21.2 Å². The van der Waals surface area contributed by atoms with Gasteiger partial charge in [0.15, 0.2) is 11.5 Å². The number of amides is 1. The van der Waals surface area contributed by atoms with Gasteiger partial charge in [0.2, 0.25) is 0 Å². The Balaban J connectivity index is 1.68. The van der Waals surface area contributed by atoms with E-state index in [4.69, 9.17) is 14.0 Å². The van der Waals surface area contributed by atoms with Crippen molar-refractivity contribution in [2.75, 3.05) is 20.8 Å². The van der Waals surface area contributed by atoms with Crippen molar-refractivity contribution in [2.45, 2.75) is 13.3 Å². The first-order chi connectivity index (χ1) is 12.6. The zero-order valence-electron chi connectivity index (χ0n) is 14.7. The molecule has 7 nitrogen and oxygen atoms in total. The van der Waals surface area contributed by atoms with Crippen LogP contribution in [0.15, 0.2) is 34.2 Å². The van der Waals surface area contributed by atoms with E-state index in [0.29, 0.717) is 35.8 Å². The summed E-state index contributed by atoms with van der Waals surface area (Å²) >= 11 is 1.58. The second-order valence-corrected chi connectivity index (χ2v) is 6.47. The topological polar surface area (TPSA) is 86.5 Å². The SMILES string of the molecule is COc1ccc(OC)c(-c2cc(C(=O)NCCc3nc(C)cs3)no2)c1. The van der Waals surface area contributed by atoms with Crippen LogP contribution >= 0.6 is 11.3 Å². The monoisotopic (exact) mass is 373 g/mol. The number of nitrogens with one attached hydrogen (secondary N) is 1. The maximum atomic E-state index is 12.3. The molecule has 2 heterocycles. The molecule has 8 heteroatoms. The van der Waals surface area contributed by atoms with Crippen LogP contribution in [0.25, 0.3) is 11.3 Å². The van der Waals surface area contributed by atoms with Crippen LogP contribution in [-0.2, 0) is 6.42 Å². The highest BCUT2D eigenvalue weighted by Gasteiger charge is 2.17. The van der Waals surface area contributed by atoms with E-state index in [-0.39, 0.29) is 11.6 Å². The van der Waals surface area contributed by atoms with Gasteiger partial charge in [0.05, 0.1) is 24.8 Å². The first kappa shape index (κ1) is 17.9. The molecule has 0 unspecified atom stereocenters. The van der Waals surface area contributed by atoms with E-state index in [1.54, 1.807) is 49.8 Å². The number of carbonyl (C=O) groups excluding carboxylic acids is 1. The van der Waals surface area contributed by atoms with Gasteiger partial charge < -0.3 is 19.3 Å². The molecule has 0 saturated heterocycles. The van der Waals surface area contributed by atoms with E-state index in [1.807, 2.05) is 12.3 Å². The van der Waals surface area contributed by atoms with Crippen molar-refractivity contribution < 1.29 is 18.8 Å². The summed E-state index contributed by atoms with van der Waals surface area (Å²) in [4.78, 5) is 16.6. The van der Waals surface area contributed by atoms with Crippen molar-refractivity contribution in [3.05, 3.63) is 46.0 Å². The van der Waals surface area contributed by atoms with Crippen molar-refractivity contribution in [3.63, 3.8) is 0 Å². The second-order valence-electron chi connectivity index (χ2n) is 5.53. The van der Waals surface area contributed by atoms with E-state index < -0.39 is 0 Å². The number of aromatic nitrogens is 2. The van der Waals surface area contributed by atoms with E-state index in [1.165, 1.54) is 0 Å². The Morgan fingerprint density at radius 1 is 1.27 bits per heavy atom. The van der Waals surface area contributed by atoms with Gasteiger partial charge in [0.25, 0.3) is 5.91 Å². The maximum Gasteiger partial charge on any atom is 0.273 e. The van der Waals surface area contributed by atoms with Crippen LogP contribution in [0.3, 0.4) is 0 Å². The van der Waals surface area contributed by atoms with Crippen LogP contribution < -0.4 is 14.8 Å². The van der Waals surface area contributed by atoms with E-state index >= 15 is 0 Å². The highest BCUT2D eigenvalue weighted by Crippen LogP contribution is 2.33. The molecule has 136 valence electrons. The summed E-state index contributed by atoms with van der Waals surface area (Å²) in [6.45, 7) is 2.43. The number of carbonyl (C=O) groups is 1. The minimum atomic E-state index is -0.296. The predicted octanol–water partition coefficient (Wildman–Crippen LogP) is 3.10. The normalized spacial score (nSPS) is 10.6. The Bertz CT molecular complexity index is 903. The molecule has 0 bridgehead atoms. The van der Waals surface area contributed by atoms with Gasteiger partial charge in [0.1, 0.15) is 11.5 Å². The van der Waals surface area contributed by atoms with Crippen LogP contribution in [0, 0.1) is 6.92 Å². The van der Waals surface area contributed by atoms with Gasteiger partial charge in [-0.1, -0.05) is 5.16 Å². The maximum absolute atomic E-state index is 12.3. The average molecular weight is 373 g/mol. The molecule has 0 aliphatic carbocycles. The van der Waals surface area contributed by atoms with Gasteiger partial charge in [-0.15, -0.1) is 11.3 Å². The van der Waals surface area contributed by atoms with E-state index in [0.717, 1.165) is 10.7 Å². The highest BCUT2D eigenvalue weighted by atomic mass is 32.1. The van der Waals surface area contributed by atoms with Crippen LogP contribution in [-0.4, -0.2) is 36.8 Å². The van der Waals surface area contributed by atoms with Crippen molar-refractivity contribution in [1.82, 2.24) is 15.5 Å². The lowest BCUT2D eigenvalue weighted by Gasteiger charge is -2.07. The largest absolute Gasteiger partial charge is 0.497 e. The fraction of sp³-hybridized carbons (Fsp3) is 0.278.